The van der Waals surface area contributed by atoms with Crippen molar-refractivity contribution in [3.05, 3.63) is 97.2 Å². The Morgan fingerprint density at radius 3 is 0.772 bits per heavy atom. The smallest absolute Gasteiger partial charge is 0.306 e. The zero-order valence-electron chi connectivity index (χ0n) is 52.1. The van der Waals surface area contributed by atoms with Gasteiger partial charge in [0.15, 0.2) is 6.10 Å². The molecule has 0 N–H and O–H groups in total. The highest BCUT2D eigenvalue weighted by Crippen LogP contribution is 2.17. The van der Waals surface area contributed by atoms with Gasteiger partial charge in [-0.3, -0.25) is 14.4 Å². The molecular weight excluding hydrogens is 973 g/mol. The maximum atomic E-state index is 12.9. The van der Waals surface area contributed by atoms with Gasteiger partial charge in [-0.1, -0.05) is 304 Å². The molecule has 6 nitrogen and oxygen atoms in total. The van der Waals surface area contributed by atoms with Crippen LogP contribution in [-0.4, -0.2) is 37.2 Å². The fourth-order valence-corrected chi connectivity index (χ4v) is 9.54. The highest BCUT2D eigenvalue weighted by Gasteiger charge is 2.19. The Bertz CT molecular complexity index is 1540. The first-order valence-corrected chi connectivity index (χ1v) is 33.7. The van der Waals surface area contributed by atoms with Crippen molar-refractivity contribution in [2.75, 3.05) is 13.2 Å². The molecule has 1 atom stereocenters. The summed E-state index contributed by atoms with van der Waals surface area (Å²) in [6.45, 7) is 6.49. The number of allylic oxidation sites excluding steroid dienone is 16. The van der Waals surface area contributed by atoms with Gasteiger partial charge in [0, 0.05) is 19.3 Å². The second-order valence-corrected chi connectivity index (χ2v) is 22.4. The fourth-order valence-electron chi connectivity index (χ4n) is 9.54. The second-order valence-electron chi connectivity index (χ2n) is 22.4. The molecule has 454 valence electrons. The Morgan fingerprint density at radius 2 is 0.494 bits per heavy atom. The number of unbranched alkanes of at least 4 members (excludes halogenated alkanes) is 34. The van der Waals surface area contributed by atoms with E-state index in [0.29, 0.717) is 19.3 Å². The van der Waals surface area contributed by atoms with E-state index in [0.717, 1.165) is 116 Å². The zero-order valence-corrected chi connectivity index (χ0v) is 52.1. The third-order valence-corrected chi connectivity index (χ3v) is 14.6. The van der Waals surface area contributed by atoms with E-state index >= 15 is 0 Å². The largest absolute Gasteiger partial charge is 0.462 e. The Morgan fingerprint density at radius 1 is 0.266 bits per heavy atom. The Kier molecular flexibility index (Phi) is 63.7. The van der Waals surface area contributed by atoms with Crippen molar-refractivity contribution >= 4 is 17.9 Å². The maximum Gasteiger partial charge on any atom is 0.306 e. The quantitative estimate of drug-likeness (QED) is 0.0261. The van der Waals surface area contributed by atoms with Gasteiger partial charge in [-0.25, -0.2) is 0 Å². The zero-order chi connectivity index (χ0) is 57.1. The summed E-state index contributed by atoms with van der Waals surface area (Å²) >= 11 is 0. The summed E-state index contributed by atoms with van der Waals surface area (Å²) in [4.78, 5) is 38.1. The second kappa shape index (κ2) is 66.8. The maximum absolute atomic E-state index is 12.9. The van der Waals surface area contributed by atoms with Crippen molar-refractivity contribution in [2.24, 2.45) is 0 Å². The molecule has 0 heterocycles. The van der Waals surface area contributed by atoms with E-state index in [-0.39, 0.29) is 31.1 Å². The standard InChI is InChI=1S/C73H126O6/c1-4-7-10-13-16-18-20-22-24-26-28-30-31-32-33-34-35-36-37-38-39-40-41-43-44-46-48-50-52-54-57-60-63-66-72(75)78-69-70(68-77-71(74)65-62-59-56-15-12-9-6-3)79-73(76)67-64-61-58-55-53-51-49-47-45-42-29-27-25-23-21-19-17-14-11-8-5-2/h7,10,16,18,21-24,27-30,32-33,45,47,70H,4-6,8-9,11-15,17,19-20,25-26,31,34-44,46,48-69H2,1-3H3/b10-7-,18-16-,23-21-,24-22-,29-27-,30-28-,33-32-,47-45-. The van der Waals surface area contributed by atoms with E-state index in [1.165, 1.54) is 173 Å². The first kappa shape index (κ1) is 75.3. The molecule has 0 aromatic rings. The molecule has 0 aromatic heterocycles. The molecule has 79 heavy (non-hydrogen) atoms. The normalized spacial score (nSPS) is 12.7. The van der Waals surface area contributed by atoms with Gasteiger partial charge in [0.25, 0.3) is 0 Å². The summed E-state index contributed by atoms with van der Waals surface area (Å²) in [5.41, 5.74) is 0. The van der Waals surface area contributed by atoms with Crippen molar-refractivity contribution in [1.29, 1.82) is 0 Å². The average molecular weight is 1100 g/mol. The SMILES string of the molecule is CC/C=C\C/C=C\C/C=C\C/C=C\C/C=C\CCCCCCCCCCCCCCCCCCCC(=O)OCC(COC(=O)CCCCCCCCC)OC(=O)CCCCCCCC/C=C\C/C=C\C/C=C\CCCCCCC. The van der Waals surface area contributed by atoms with Crippen LogP contribution in [0.5, 0.6) is 0 Å². The van der Waals surface area contributed by atoms with Crippen LogP contribution in [0.25, 0.3) is 0 Å². The lowest BCUT2D eigenvalue weighted by atomic mass is 10.0. The van der Waals surface area contributed by atoms with Crippen molar-refractivity contribution in [1.82, 2.24) is 0 Å². The van der Waals surface area contributed by atoms with Gasteiger partial charge in [-0.2, -0.15) is 0 Å². The molecule has 0 fully saturated rings. The lowest BCUT2D eigenvalue weighted by Crippen LogP contribution is -2.30. The molecule has 0 bridgehead atoms. The minimum atomic E-state index is -0.781. The van der Waals surface area contributed by atoms with E-state index in [4.69, 9.17) is 14.2 Å². The molecule has 0 saturated heterocycles. The number of esters is 3. The Labute approximate surface area is 489 Å². The molecule has 0 amide bonds. The third kappa shape index (κ3) is 65.0. The van der Waals surface area contributed by atoms with Crippen molar-refractivity contribution in [3.63, 3.8) is 0 Å². The van der Waals surface area contributed by atoms with Crippen molar-refractivity contribution in [3.8, 4) is 0 Å². The predicted molar refractivity (Wildman–Crippen MR) is 344 cm³/mol. The fraction of sp³-hybridized carbons (Fsp3) is 0.740. The summed E-state index contributed by atoms with van der Waals surface area (Å²) in [7, 11) is 0. The number of hydrogen-bond donors (Lipinski definition) is 0. The van der Waals surface area contributed by atoms with Crippen LogP contribution in [0.4, 0.5) is 0 Å². The number of ether oxygens (including phenoxy) is 3. The molecule has 0 rings (SSSR count). The van der Waals surface area contributed by atoms with Crippen LogP contribution in [0.2, 0.25) is 0 Å². The van der Waals surface area contributed by atoms with E-state index in [1.54, 1.807) is 0 Å². The van der Waals surface area contributed by atoms with Crippen LogP contribution in [0, 0.1) is 0 Å². The van der Waals surface area contributed by atoms with Gasteiger partial charge in [-0.05, 0) is 103 Å². The van der Waals surface area contributed by atoms with E-state index in [9.17, 15) is 14.4 Å². The molecular formula is C73H126O6. The molecule has 0 radical (unpaired) electrons. The number of carbonyl (C=O) groups is 3. The lowest BCUT2D eigenvalue weighted by Gasteiger charge is -2.18. The molecule has 0 aliphatic heterocycles. The molecule has 0 aliphatic rings. The summed E-state index contributed by atoms with van der Waals surface area (Å²) in [6.07, 6.45) is 90.3. The summed E-state index contributed by atoms with van der Waals surface area (Å²) < 4.78 is 16.8. The predicted octanol–water partition coefficient (Wildman–Crippen LogP) is 23.2. The highest BCUT2D eigenvalue weighted by molar-refractivity contribution is 5.71. The topological polar surface area (TPSA) is 78.9 Å². The van der Waals surface area contributed by atoms with E-state index < -0.39 is 6.10 Å². The first-order valence-electron chi connectivity index (χ1n) is 33.7. The third-order valence-electron chi connectivity index (χ3n) is 14.6. The van der Waals surface area contributed by atoms with E-state index in [1.807, 2.05) is 0 Å². The van der Waals surface area contributed by atoms with Crippen LogP contribution in [-0.2, 0) is 28.6 Å². The van der Waals surface area contributed by atoms with Gasteiger partial charge >= 0.3 is 17.9 Å². The Hall–Kier alpha value is -3.67. The van der Waals surface area contributed by atoms with Gasteiger partial charge in [0.05, 0.1) is 0 Å². The molecule has 1 unspecified atom stereocenters. The van der Waals surface area contributed by atoms with Crippen LogP contribution in [0.1, 0.15) is 329 Å². The minimum Gasteiger partial charge on any atom is -0.462 e. The molecule has 0 saturated carbocycles. The van der Waals surface area contributed by atoms with Crippen LogP contribution in [0.3, 0.4) is 0 Å². The number of carbonyl (C=O) groups excluding carboxylic acids is 3. The van der Waals surface area contributed by atoms with Gasteiger partial charge in [0.1, 0.15) is 13.2 Å². The van der Waals surface area contributed by atoms with Crippen LogP contribution in [0.15, 0.2) is 97.2 Å². The lowest BCUT2D eigenvalue weighted by molar-refractivity contribution is -0.167. The highest BCUT2D eigenvalue weighted by atomic mass is 16.6. The average Bonchev–Trinajstić information content (AvgIpc) is 3.45. The number of rotatable bonds is 61. The van der Waals surface area contributed by atoms with Crippen molar-refractivity contribution in [2.45, 2.75) is 335 Å². The summed E-state index contributed by atoms with van der Waals surface area (Å²) in [6, 6.07) is 0. The summed E-state index contributed by atoms with van der Waals surface area (Å²) in [5, 5.41) is 0. The van der Waals surface area contributed by atoms with Crippen LogP contribution >= 0.6 is 0 Å². The van der Waals surface area contributed by atoms with Gasteiger partial charge < -0.3 is 14.2 Å². The van der Waals surface area contributed by atoms with Gasteiger partial charge in [0.2, 0.25) is 0 Å². The molecule has 0 aromatic carbocycles. The van der Waals surface area contributed by atoms with Gasteiger partial charge in [-0.15, -0.1) is 0 Å². The first-order chi connectivity index (χ1) is 39.0. The minimum absolute atomic E-state index is 0.0792. The number of hydrogen-bond acceptors (Lipinski definition) is 6. The molecule has 0 aliphatic carbocycles. The van der Waals surface area contributed by atoms with Crippen molar-refractivity contribution < 1.29 is 28.6 Å². The van der Waals surface area contributed by atoms with Crippen LogP contribution < -0.4 is 0 Å². The molecule has 6 heteroatoms. The monoisotopic (exact) mass is 1100 g/mol. The van der Waals surface area contributed by atoms with E-state index in [2.05, 4.69) is 118 Å². The Balaban J connectivity index is 4.06. The molecule has 0 spiro atoms. The summed E-state index contributed by atoms with van der Waals surface area (Å²) in [5.74, 6) is -0.886.